The molecule has 2 heterocycles. The number of imidazole rings is 1. The van der Waals surface area contributed by atoms with Gasteiger partial charge in [-0.2, -0.15) is 25.3 Å². The van der Waals surface area contributed by atoms with Gasteiger partial charge in [0.05, 0.1) is 6.33 Å². The third kappa shape index (κ3) is 20.3. The number of benzene rings is 2. The van der Waals surface area contributed by atoms with Gasteiger partial charge in [-0.3, -0.25) is 48.1 Å². The fourth-order valence-electron chi connectivity index (χ4n) is 7.76. The van der Waals surface area contributed by atoms with Gasteiger partial charge in [0, 0.05) is 86.2 Å². The number of aliphatic imine (C=N–C) groups is 1. The Kier molecular flexibility index (Phi) is 24.9. The van der Waals surface area contributed by atoms with E-state index in [9.17, 15) is 43.2 Å². The number of rotatable bonds is 32. The van der Waals surface area contributed by atoms with Gasteiger partial charge in [-0.25, -0.2) is 4.98 Å². The van der Waals surface area contributed by atoms with Crippen LogP contribution in [0.5, 0.6) is 0 Å². The van der Waals surface area contributed by atoms with Crippen molar-refractivity contribution in [1.82, 2.24) is 57.5 Å². The van der Waals surface area contributed by atoms with Gasteiger partial charge in [0.2, 0.25) is 53.2 Å². The maximum atomic E-state index is 14.6. The van der Waals surface area contributed by atoms with Crippen LogP contribution >= 0.6 is 25.3 Å². The van der Waals surface area contributed by atoms with E-state index in [1.807, 2.05) is 31.2 Å². The lowest BCUT2D eigenvalue weighted by molar-refractivity contribution is -0.135. The van der Waals surface area contributed by atoms with Gasteiger partial charge in [-0.05, 0) is 36.5 Å². The average molecular weight is 1080 g/mol. The number of hydrogen-bond donors (Lipinski definition) is 15. The molecule has 0 unspecified atom stereocenters. The summed E-state index contributed by atoms with van der Waals surface area (Å²) in [4.78, 5) is 135. The van der Waals surface area contributed by atoms with E-state index in [0.29, 0.717) is 29.7 Å². The standard InChI is InChI=1S/C49H69N15O9S2/c1-3-4-14-34(58-28(2)65)44(69)64-40(26-75)43(68)54-19-17-41(66)59-38(22-31-24-53-27-57-31)48(73)61-36(20-29-11-6-5-7-12-29)46(71)60-35(16-10-18-55-49(51)52)45(70)62-37(47(72)63-39(25-74)42(50)67)21-30-23-56-33-15-9-8-13-32(30)33/h5-9,11-13,15,23-24,27,34-40,56,74-75H,3-4,10,14,16-22,25-26H2,1-2H3,(H2,50,67)(H,53,57)(H,54,68)(H,58,65)(H,59,66)(H,60,71)(H,61,73)(H,62,70)(H,63,72)(H,64,69)(H4,51,52,55)/t34-,35-,36+,37-,38-,39+,40+/m0/s1. The minimum atomic E-state index is -1.36. The highest BCUT2D eigenvalue weighted by Crippen LogP contribution is 2.20. The first kappa shape index (κ1) is 59.9. The predicted octanol–water partition coefficient (Wildman–Crippen LogP) is -1.57. The summed E-state index contributed by atoms with van der Waals surface area (Å²) in [6.07, 6.45) is 5.92. The Morgan fingerprint density at radius 1 is 0.627 bits per heavy atom. The molecule has 0 saturated carbocycles. The average Bonchev–Trinajstić information content (AvgIpc) is 4.06. The van der Waals surface area contributed by atoms with Gasteiger partial charge in [0.25, 0.3) is 0 Å². The molecule has 0 spiro atoms. The minimum Gasteiger partial charge on any atom is -0.370 e. The number of nitrogens with one attached hydrogen (secondary N) is 10. The lowest BCUT2D eigenvalue weighted by atomic mass is 10.0. The Morgan fingerprint density at radius 2 is 1.19 bits per heavy atom. The van der Waals surface area contributed by atoms with Crippen LogP contribution in [0.3, 0.4) is 0 Å². The van der Waals surface area contributed by atoms with Crippen LogP contribution in [0, 0.1) is 0 Å². The lowest BCUT2D eigenvalue weighted by Gasteiger charge is -2.27. The van der Waals surface area contributed by atoms with Crippen molar-refractivity contribution in [2.75, 3.05) is 24.6 Å². The number of amides is 9. The van der Waals surface area contributed by atoms with Crippen molar-refractivity contribution in [3.63, 3.8) is 0 Å². The largest absolute Gasteiger partial charge is 0.370 e. The molecule has 75 heavy (non-hydrogen) atoms. The van der Waals surface area contributed by atoms with E-state index in [1.165, 1.54) is 19.4 Å². The Balaban J connectivity index is 1.55. The molecule has 0 aliphatic carbocycles. The number of primary amides is 1. The van der Waals surface area contributed by atoms with Crippen molar-refractivity contribution in [3.8, 4) is 0 Å². The maximum Gasteiger partial charge on any atom is 0.243 e. The zero-order chi connectivity index (χ0) is 54.9. The Hall–Kier alpha value is -7.61. The molecule has 4 aromatic rings. The molecule has 0 aliphatic heterocycles. The van der Waals surface area contributed by atoms with Crippen molar-refractivity contribution in [2.24, 2.45) is 22.2 Å². The van der Waals surface area contributed by atoms with Gasteiger partial charge in [-0.15, -0.1) is 0 Å². The number of aromatic nitrogens is 3. The molecule has 26 heteroatoms. The topological polar surface area (TPSA) is 385 Å². The second kappa shape index (κ2) is 31.2. The number of carbonyl (C=O) groups is 9. The molecular weight excluding hydrogens is 1010 g/mol. The van der Waals surface area contributed by atoms with Gasteiger partial charge in [0.15, 0.2) is 5.96 Å². The highest BCUT2D eigenvalue weighted by atomic mass is 32.1. The number of nitrogens with zero attached hydrogens (tertiary/aromatic N) is 2. The van der Waals surface area contributed by atoms with E-state index in [4.69, 9.17) is 17.2 Å². The fourth-order valence-corrected chi connectivity index (χ4v) is 8.29. The van der Waals surface area contributed by atoms with Crippen LogP contribution in [0.25, 0.3) is 10.9 Å². The molecule has 9 amide bonds. The van der Waals surface area contributed by atoms with Crippen LogP contribution in [-0.2, 0) is 62.4 Å². The second-order valence-electron chi connectivity index (χ2n) is 17.6. The number of H-pyrrole nitrogens is 2. The van der Waals surface area contributed by atoms with Crippen LogP contribution in [-0.4, -0.2) is 141 Å². The summed E-state index contributed by atoms with van der Waals surface area (Å²) < 4.78 is 0. The summed E-state index contributed by atoms with van der Waals surface area (Å²) in [5.74, 6) is -6.64. The number of para-hydroxylation sites is 1. The minimum absolute atomic E-state index is 0.0466. The summed E-state index contributed by atoms with van der Waals surface area (Å²) in [7, 11) is 0. The van der Waals surface area contributed by atoms with Crippen molar-refractivity contribution >= 4 is 95.3 Å². The van der Waals surface area contributed by atoms with Gasteiger partial charge in [0.1, 0.15) is 42.3 Å². The lowest BCUT2D eigenvalue weighted by Crippen LogP contribution is -2.60. The SMILES string of the molecule is CCCC[C@H](NC(C)=O)C(=O)N[C@H](CS)C(=O)NCCC(=O)N[C@@H](Cc1cnc[nH]1)C(=O)N[C@H](Cc1ccccc1)C(=O)N[C@@H](CCCN=C(N)N)C(=O)N[C@@H](Cc1c[nH]c2ccccc12)C(=O)N[C@H](CS)C(N)=O. The molecular formula is C49H69N15O9S2. The molecule has 0 fully saturated rings. The molecule has 406 valence electrons. The fraction of sp³-hybridized carbons (Fsp3) is 0.449. The first-order valence-corrected chi connectivity index (χ1v) is 25.7. The van der Waals surface area contributed by atoms with E-state index < -0.39 is 95.5 Å². The molecule has 2 aromatic heterocycles. The summed E-state index contributed by atoms with van der Waals surface area (Å²) in [6.45, 7) is 3.09. The van der Waals surface area contributed by atoms with Crippen LogP contribution in [0.15, 0.2) is 78.3 Å². The number of hydrogen-bond acceptors (Lipinski definition) is 13. The van der Waals surface area contributed by atoms with E-state index in [-0.39, 0.29) is 69.1 Å². The number of thiol groups is 2. The quantitative estimate of drug-likeness (QED) is 0.0114. The van der Waals surface area contributed by atoms with Crippen LogP contribution in [0.2, 0.25) is 0 Å². The Morgan fingerprint density at radius 3 is 1.79 bits per heavy atom. The van der Waals surface area contributed by atoms with Crippen molar-refractivity contribution in [1.29, 1.82) is 0 Å². The van der Waals surface area contributed by atoms with Crippen molar-refractivity contribution < 1.29 is 43.2 Å². The van der Waals surface area contributed by atoms with Gasteiger partial charge >= 0.3 is 0 Å². The third-order valence-electron chi connectivity index (χ3n) is 11.7. The van der Waals surface area contributed by atoms with E-state index in [2.05, 4.69) is 87.7 Å². The number of fused-ring (bicyclic) bond motifs is 1. The summed E-state index contributed by atoms with van der Waals surface area (Å²) in [5, 5.41) is 22.0. The van der Waals surface area contributed by atoms with Crippen LogP contribution in [0.4, 0.5) is 0 Å². The molecule has 7 atom stereocenters. The molecule has 4 rings (SSSR count). The maximum absolute atomic E-state index is 14.6. The van der Waals surface area contributed by atoms with E-state index >= 15 is 0 Å². The predicted molar refractivity (Wildman–Crippen MR) is 288 cm³/mol. The monoisotopic (exact) mass is 1080 g/mol. The highest BCUT2D eigenvalue weighted by Gasteiger charge is 2.33. The first-order valence-electron chi connectivity index (χ1n) is 24.4. The number of unbranched alkanes of at least 4 members (excludes halogenated alkanes) is 1. The smallest absolute Gasteiger partial charge is 0.243 e. The van der Waals surface area contributed by atoms with E-state index in [1.54, 1.807) is 36.5 Å². The van der Waals surface area contributed by atoms with E-state index in [0.717, 1.165) is 17.3 Å². The first-order chi connectivity index (χ1) is 35.9. The Labute approximate surface area is 445 Å². The Bertz CT molecular complexity index is 2580. The van der Waals surface area contributed by atoms with Crippen molar-refractivity contribution in [2.45, 2.75) is 114 Å². The van der Waals surface area contributed by atoms with Gasteiger partial charge < -0.3 is 69.7 Å². The molecule has 0 bridgehead atoms. The molecule has 0 radical (unpaired) electrons. The summed E-state index contributed by atoms with van der Waals surface area (Å²) >= 11 is 8.36. The zero-order valence-corrected chi connectivity index (χ0v) is 43.6. The molecule has 0 saturated heterocycles. The molecule has 16 N–H and O–H groups in total. The normalized spacial score (nSPS) is 13.8. The number of guanidine groups is 1. The number of carbonyl (C=O) groups excluding carboxylic acids is 9. The summed E-state index contributed by atoms with van der Waals surface area (Å²) in [5.41, 5.74) is 19.1. The van der Waals surface area contributed by atoms with Crippen molar-refractivity contribution in [3.05, 3.63) is 90.1 Å². The van der Waals surface area contributed by atoms with Crippen LogP contribution < -0.4 is 59.7 Å². The number of nitrogens with two attached hydrogens (primary N) is 3. The summed E-state index contributed by atoms with van der Waals surface area (Å²) in [6, 6.07) is 7.61. The molecule has 24 nitrogen and oxygen atoms in total. The molecule has 2 aromatic carbocycles. The zero-order valence-electron chi connectivity index (χ0n) is 41.9. The number of aromatic amines is 2. The van der Waals surface area contributed by atoms with Gasteiger partial charge in [-0.1, -0.05) is 68.3 Å². The highest BCUT2D eigenvalue weighted by molar-refractivity contribution is 7.80. The molecule has 0 aliphatic rings. The second-order valence-corrected chi connectivity index (χ2v) is 18.3. The third-order valence-corrected chi connectivity index (χ3v) is 12.4. The van der Waals surface area contributed by atoms with Crippen LogP contribution in [0.1, 0.15) is 69.2 Å².